The number of sulfone groups is 1. The molecule has 0 spiro atoms. The molecule has 2 aromatic carbocycles. The molecule has 0 saturated carbocycles. The number of hydrogen-bond donors (Lipinski definition) is 2. The van der Waals surface area contributed by atoms with Crippen LogP contribution in [-0.2, 0) is 9.84 Å². The maximum Gasteiger partial charge on any atom is 0.208 e. The molecule has 1 aliphatic heterocycles. The smallest absolute Gasteiger partial charge is 0.208 e. The van der Waals surface area contributed by atoms with Crippen LogP contribution in [0.5, 0.6) is 0 Å². The molecule has 0 bridgehead atoms. The first-order valence-corrected chi connectivity index (χ1v) is 9.89. The van der Waals surface area contributed by atoms with Gasteiger partial charge in [-0.05, 0) is 43.3 Å². The Labute approximate surface area is 151 Å². The fraction of sp³-hybridized carbons (Fsp3) is 0.333. The monoisotopic (exact) mass is 381 g/mol. The fourth-order valence-corrected chi connectivity index (χ4v) is 4.55. The second-order valence-corrected chi connectivity index (χ2v) is 8.05. The van der Waals surface area contributed by atoms with Crippen molar-refractivity contribution in [3.63, 3.8) is 0 Å². The van der Waals surface area contributed by atoms with E-state index in [4.69, 9.17) is 0 Å². The van der Waals surface area contributed by atoms with E-state index in [1.54, 1.807) is 19.2 Å². The molecule has 0 aliphatic carbocycles. The van der Waals surface area contributed by atoms with E-state index in [-0.39, 0.29) is 4.90 Å². The van der Waals surface area contributed by atoms with Gasteiger partial charge in [-0.2, -0.15) is 0 Å². The van der Waals surface area contributed by atoms with E-state index in [1.807, 2.05) is 0 Å². The van der Waals surface area contributed by atoms with Crippen molar-refractivity contribution in [2.75, 3.05) is 43.4 Å². The van der Waals surface area contributed by atoms with Crippen molar-refractivity contribution in [3.05, 3.63) is 48.0 Å². The van der Waals surface area contributed by atoms with E-state index in [9.17, 15) is 17.2 Å². The summed E-state index contributed by atoms with van der Waals surface area (Å²) in [5.41, 5.74) is 1.30. The number of halogens is 2. The number of rotatable bonds is 4. The van der Waals surface area contributed by atoms with Crippen LogP contribution in [0, 0.1) is 11.6 Å². The summed E-state index contributed by atoms with van der Waals surface area (Å²) in [6.07, 6.45) is 0.998. The zero-order chi connectivity index (χ0) is 18.7. The number of nitrogens with zero attached hydrogens (tertiary/aromatic N) is 1. The van der Waals surface area contributed by atoms with Crippen molar-refractivity contribution in [1.29, 1.82) is 0 Å². The van der Waals surface area contributed by atoms with Gasteiger partial charge in [0.25, 0.3) is 0 Å². The highest BCUT2D eigenvalue weighted by atomic mass is 32.2. The highest BCUT2D eigenvalue weighted by Gasteiger charge is 2.24. The first-order chi connectivity index (χ1) is 12.4. The summed E-state index contributed by atoms with van der Waals surface area (Å²) in [7, 11) is -2.44. The van der Waals surface area contributed by atoms with E-state index < -0.39 is 26.4 Å². The first kappa shape index (κ1) is 18.6. The van der Waals surface area contributed by atoms with Crippen molar-refractivity contribution < 1.29 is 17.2 Å². The van der Waals surface area contributed by atoms with Crippen molar-refractivity contribution in [2.24, 2.45) is 0 Å². The van der Waals surface area contributed by atoms with E-state index in [1.165, 1.54) is 6.07 Å². The average molecular weight is 381 g/mol. The highest BCUT2D eigenvalue weighted by molar-refractivity contribution is 7.91. The van der Waals surface area contributed by atoms with Crippen LogP contribution >= 0.6 is 0 Å². The van der Waals surface area contributed by atoms with Crippen molar-refractivity contribution in [2.45, 2.75) is 16.2 Å². The summed E-state index contributed by atoms with van der Waals surface area (Å²) in [6.45, 7) is 3.51. The fourth-order valence-electron chi connectivity index (χ4n) is 3.06. The van der Waals surface area contributed by atoms with Crippen LogP contribution < -0.4 is 15.5 Å². The van der Waals surface area contributed by atoms with Crippen LogP contribution in [0.2, 0.25) is 0 Å². The number of nitrogens with one attached hydrogen (secondary N) is 2. The lowest BCUT2D eigenvalue weighted by atomic mass is 10.2. The standard InChI is InChI=1S/C18H21F2N3O2S/c1-21-17-12-15(23-7-2-5-22-6-8-23)3-4-18(17)26(24,25)16-10-13(19)9-14(20)11-16/h3-4,9-12,21-22H,2,5-8H2,1H3. The SMILES string of the molecule is CNc1cc(N2CCCNCC2)ccc1S(=O)(=O)c1cc(F)cc(F)c1. The van der Waals surface area contributed by atoms with Gasteiger partial charge in [-0.3, -0.25) is 0 Å². The Hall–Kier alpha value is -2.19. The third kappa shape index (κ3) is 3.81. The third-order valence-corrected chi connectivity index (χ3v) is 6.16. The molecule has 1 fully saturated rings. The molecule has 0 radical (unpaired) electrons. The van der Waals surface area contributed by atoms with E-state index in [2.05, 4.69) is 15.5 Å². The lowest BCUT2D eigenvalue weighted by Crippen LogP contribution is -2.27. The van der Waals surface area contributed by atoms with Gasteiger partial charge in [-0.25, -0.2) is 17.2 Å². The van der Waals surface area contributed by atoms with Gasteiger partial charge in [0, 0.05) is 38.4 Å². The van der Waals surface area contributed by atoms with Crippen LogP contribution in [0.15, 0.2) is 46.2 Å². The summed E-state index contributed by atoms with van der Waals surface area (Å²) in [4.78, 5) is 1.76. The van der Waals surface area contributed by atoms with Gasteiger partial charge in [0.15, 0.2) is 0 Å². The van der Waals surface area contributed by atoms with Crippen molar-refractivity contribution >= 4 is 21.2 Å². The Kier molecular flexibility index (Phi) is 5.43. The summed E-state index contributed by atoms with van der Waals surface area (Å²) < 4.78 is 52.7. The summed E-state index contributed by atoms with van der Waals surface area (Å²) in [5, 5.41) is 6.21. The van der Waals surface area contributed by atoms with Gasteiger partial charge in [0.05, 0.1) is 15.5 Å². The van der Waals surface area contributed by atoms with Crippen LogP contribution in [-0.4, -0.2) is 41.6 Å². The van der Waals surface area contributed by atoms with E-state index in [0.717, 1.165) is 50.4 Å². The molecule has 1 heterocycles. The Morgan fingerprint density at radius 2 is 1.77 bits per heavy atom. The highest BCUT2D eigenvalue weighted by Crippen LogP contribution is 2.32. The zero-order valence-electron chi connectivity index (χ0n) is 14.4. The molecule has 26 heavy (non-hydrogen) atoms. The van der Waals surface area contributed by atoms with E-state index >= 15 is 0 Å². The second kappa shape index (κ2) is 7.59. The first-order valence-electron chi connectivity index (χ1n) is 8.40. The quantitative estimate of drug-likeness (QED) is 0.853. The molecule has 140 valence electrons. The number of benzene rings is 2. The number of hydrogen-bond acceptors (Lipinski definition) is 5. The Morgan fingerprint density at radius 1 is 1.04 bits per heavy atom. The third-order valence-electron chi connectivity index (χ3n) is 4.37. The molecule has 0 aromatic heterocycles. The molecule has 8 heteroatoms. The molecule has 2 N–H and O–H groups in total. The summed E-state index contributed by atoms with van der Waals surface area (Å²) >= 11 is 0. The van der Waals surface area contributed by atoms with Crippen LogP contribution in [0.1, 0.15) is 6.42 Å². The minimum Gasteiger partial charge on any atom is -0.387 e. The molecule has 0 amide bonds. The average Bonchev–Trinajstić information content (AvgIpc) is 2.89. The maximum atomic E-state index is 13.5. The van der Waals surface area contributed by atoms with Gasteiger partial charge in [0.1, 0.15) is 11.6 Å². The Balaban J connectivity index is 2.01. The summed E-state index contributed by atoms with van der Waals surface area (Å²) in [5.74, 6) is -1.86. The van der Waals surface area contributed by atoms with E-state index in [0.29, 0.717) is 11.8 Å². The molecule has 2 aromatic rings. The van der Waals surface area contributed by atoms with Crippen LogP contribution in [0.25, 0.3) is 0 Å². The minimum absolute atomic E-state index is 0.0123. The van der Waals surface area contributed by atoms with Gasteiger partial charge in [0.2, 0.25) is 9.84 Å². The molecule has 1 saturated heterocycles. The summed E-state index contributed by atoms with van der Waals surface area (Å²) in [6, 6.07) is 7.27. The predicted octanol–water partition coefficient (Wildman–Crippen LogP) is 2.64. The Bertz CT molecular complexity index is 875. The number of anilines is 2. The van der Waals surface area contributed by atoms with Crippen LogP contribution in [0.3, 0.4) is 0 Å². The van der Waals surface area contributed by atoms with Gasteiger partial charge >= 0.3 is 0 Å². The molecule has 0 atom stereocenters. The van der Waals surface area contributed by atoms with Gasteiger partial charge in [-0.15, -0.1) is 0 Å². The topological polar surface area (TPSA) is 61.4 Å². The molecule has 1 aliphatic rings. The minimum atomic E-state index is -4.05. The molecule has 3 rings (SSSR count). The largest absolute Gasteiger partial charge is 0.387 e. The maximum absolute atomic E-state index is 13.5. The lowest BCUT2D eigenvalue weighted by Gasteiger charge is -2.23. The van der Waals surface area contributed by atoms with Crippen molar-refractivity contribution in [1.82, 2.24) is 5.32 Å². The molecular formula is C18H21F2N3O2S. The predicted molar refractivity (Wildman–Crippen MR) is 97.5 cm³/mol. The second-order valence-electron chi connectivity index (χ2n) is 6.13. The molecule has 0 unspecified atom stereocenters. The lowest BCUT2D eigenvalue weighted by molar-refractivity contribution is 0.567. The molecular weight excluding hydrogens is 360 g/mol. The normalized spacial score (nSPS) is 15.6. The molecule has 5 nitrogen and oxygen atoms in total. The zero-order valence-corrected chi connectivity index (χ0v) is 15.2. The van der Waals surface area contributed by atoms with Crippen LogP contribution in [0.4, 0.5) is 20.2 Å². The van der Waals surface area contributed by atoms with Gasteiger partial charge < -0.3 is 15.5 Å². The Morgan fingerprint density at radius 3 is 2.46 bits per heavy atom. The van der Waals surface area contributed by atoms with Gasteiger partial charge in [-0.1, -0.05) is 0 Å². The van der Waals surface area contributed by atoms with Crippen molar-refractivity contribution in [3.8, 4) is 0 Å².